The Bertz CT molecular complexity index is 1610. The van der Waals surface area contributed by atoms with Gasteiger partial charge >= 0.3 is 11.9 Å². The molecule has 0 amide bonds. The largest absolute Gasteiger partial charge is 0.490 e. The molecule has 186 valence electrons. The number of cyclic esters (lactones) is 1. The van der Waals surface area contributed by atoms with Crippen LogP contribution < -0.4 is 9.47 Å². The molecule has 1 aromatic heterocycles. The second-order valence-electron chi connectivity index (χ2n) is 7.76. The van der Waals surface area contributed by atoms with E-state index in [1.807, 2.05) is 13.0 Å². The van der Waals surface area contributed by atoms with Crippen molar-refractivity contribution in [1.29, 1.82) is 0 Å². The third-order valence-electron chi connectivity index (χ3n) is 5.26. The van der Waals surface area contributed by atoms with E-state index < -0.39 is 11.9 Å². The van der Waals surface area contributed by atoms with Gasteiger partial charge in [-0.1, -0.05) is 46.9 Å². The Balaban J connectivity index is 1.43. The summed E-state index contributed by atoms with van der Waals surface area (Å²) in [5.74, 6) is -0.481. The maximum absolute atomic E-state index is 12.6. The van der Waals surface area contributed by atoms with Crippen molar-refractivity contribution < 1.29 is 23.8 Å². The number of fused-ring (bicyclic) bond motifs is 1. The molecule has 5 rings (SSSR count). The lowest BCUT2D eigenvalue weighted by Crippen LogP contribution is -2.09. The summed E-state index contributed by atoms with van der Waals surface area (Å²) in [6.07, 6.45) is 1.56. The van der Waals surface area contributed by atoms with Crippen molar-refractivity contribution >= 4 is 80.1 Å². The van der Waals surface area contributed by atoms with Gasteiger partial charge in [-0.2, -0.15) is 0 Å². The minimum absolute atomic E-state index is 0.0925. The fourth-order valence-corrected chi connectivity index (χ4v) is 5.39. The zero-order valence-electron chi connectivity index (χ0n) is 19.1. The summed E-state index contributed by atoms with van der Waals surface area (Å²) in [6.45, 7) is 2.15. The zero-order chi connectivity index (χ0) is 26.1. The first-order valence-corrected chi connectivity index (χ1v) is 12.9. The fraction of sp³-hybridized carbons (Fsp3) is 0.0741. The van der Waals surface area contributed by atoms with Crippen LogP contribution in [0.5, 0.6) is 11.5 Å². The van der Waals surface area contributed by atoms with Crippen molar-refractivity contribution in [3.8, 4) is 11.5 Å². The highest BCUT2D eigenvalue weighted by Crippen LogP contribution is 2.39. The van der Waals surface area contributed by atoms with Crippen molar-refractivity contribution in [1.82, 2.24) is 0 Å². The average molecular weight is 573 g/mol. The molecule has 10 heteroatoms. The number of halogens is 3. The first kappa shape index (κ1) is 25.3. The topological polar surface area (TPSA) is 74.2 Å². The molecular formula is C27H16Cl3NO5S. The van der Waals surface area contributed by atoms with Crippen molar-refractivity contribution in [2.24, 2.45) is 4.99 Å². The summed E-state index contributed by atoms with van der Waals surface area (Å²) in [4.78, 5) is 30.0. The van der Waals surface area contributed by atoms with Gasteiger partial charge in [-0.05, 0) is 67.1 Å². The molecule has 0 N–H and O–H groups in total. The van der Waals surface area contributed by atoms with Crippen LogP contribution in [-0.2, 0) is 9.53 Å². The number of rotatable bonds is 6. The minimum Gasteiger partial charge on any atom is -0.490 e. The maximum atomic E-state index is 12.6. The van der Waals surface area contributed by atoms with Crippen LogP contribution in [0.25, 0.3) is 16.2 Å². The van der Waals surface area contributed by atoms with E-state index in [1.54, 1.807) is 60.7 Å². The van der Waals surface area contributed by atoms with Crippen LogP contribution in [0.2, 0.25) is 15.1 Å². The Labute approximate surface area is 230 Å². The second kappa shape index (κ2) is 10.6. The number of hydrogen-bond donors (Lipinski definition) is 0. The predicted molar refractivity (Wildman–Crippen MR) is 146 cm³/mol. The van der Waals surface area contributed by atoms with Crippen molar-refractivity contribution in [2.45, 2.75) is 6.92 Å². The minimum atomic E-state index is -0.613. The summed E-state index contributed by atoms with van der Waals surface area (Å²) in [6, 6.07) is 16.6. The lowest BCUT2D eigenvalue weighted by molar-refractivity contribution is -0.129. The number of hydrogen-bond acceptors (Lipinski definition) is 7. The molecule has 2 heterocycles. The summed E-state index contributed by atoms with van der Waals surface area (Å²) >= 11 is 19.8. The number of aliphatic imine (C=N–C) groups is 1. The SMILES string of the molecule is CCOc1cc(/C=C2/N=C(c3sc4cc(Cl)ccc4c3Cl)OC2=O)ccc1OC(=O)c1ccc(Cl)cc1. The van der Waals surface area contributed by atoms with Crippen LogP contribution in [0.15, 0.2) is 71.4 Å². The molecule has 0 atom stereocenters. The van der Waals surface area contributed by atoms with Gasteiger partial charge in [-0.15, -0.1) is 11.3 Å². The first-order valence-electron chi connectivity index (χ1n) is 11.0. The standard InChI is InChI=1S/C27H16Cl3NO5S/c1-2-34-21-12-14(3-10-20(21)35-26(32)15-4-6-16(28)7-5-15)11-19-27(33)36-25(31-19)24-23(30)18-9-8-17(29)13-22(18)37-24/h3-13H,2H2,1H3/b19-11+. The van der Waals surface area contributed by atoms with Gasteiger partial charge in [0.15, 0.2) is 17.2 Å². The van der Waals surface area contributed by atoms with E-state index in [0.717, 1.165) is 10.1 Å². The smallest absolute Gasteiger partial charge is 0.363 e. The molecule has 3 aromatic carbocycles. The maximum Gasteiger partial charge on any atom is 0.363 e. The molecule has 4 aromatic rings. The van der Waals surface area contributed by atoms with Crippen molar-refractivity contribution in [2.75, 3.05) is 6.61 Å². The number of thiophene rings is 1. The van der Waals surface area contributed by atoms with E-state index in [2.05, 4.69) is 4.99 Å². The highest BCUT2D eigenvalue weighted by molar-refractivity contribution is 7.21. The van der Waals surface area contributed by atoms with Gasteiger partial charge < -0.3 is 14.2 Å². The number of ether oxygens (including phenoxy) is 3. The highest BCUT2D eigenvalue weighted by Gasteiger charge is 2.28. The van der Waals surface area contributed by atoms with Crippen molar-refractivity contribution in [3.05, 3.63) is 97.4 Å². The molecule has 0 bridgehead atoms. The van der Waals surface area contributed by atoms with E-state index in [0.29, 0.717) is 43.4 Å². The van der Waals surface area contributed by atoms with E-state index in [-0.39, 0.29) is 17.3 Å². The molecule has 37 heavy (non-hydrogen) atoms. The molecule has 6 nitrogen and oxygen atoms in total. The predicted octanol–water partition coefficient (Wildman–Crippen LogP) is 7.82. The normalized spacial score (nSPS) is 14.1. The zero-order valence-corrected chi connectivity index (χ0v) is 22.2. The monoisotopic (exact) mass is 571 g/mol. The van der Waals surface area contributed by atoms with E-state index in [9.17, 15) is 9.59 Å². The molecule has 1 aliphatic rings. The summed E-state index contributed by atoms with van der Waals surface area (Å²) in [7, 11) is 0. The van der Waals surface area contributed by atoms with E-state index >= 15 is 0 Å². The average Bonchev–Trinajstić information content (AvgIpc) is 3.39. The Morgan fingerprint density at radius 1 is 1.00 bits per heavy atom. The number of nitrogens with zero attached hydrogens (tertiary/aromatic N) is 1. The highest BCUT2D eigenvalue weighted by atomic mass is 35.5. The third kappa shape index (κ3) is 5.36. The lowest BCUT2D eigenvalue weighted by atomic mass is 10.1. The van der Waals surface area contributed by atoms with Crippen LogP contribution in [0, 0.1) is 0 Å². The number of esters is 2. The van der Waals surface area contributed by atoms with Crippen LogP contribution in [-0.4, -0.2) is 24.4 Å². The van der Waals surface area contributed by atoms with E-state index in [1.165, 1.54) is 11.3 Å². The molecule has 1 aliphatic heterocycles. The fourth-order valence-electron chi connectivity index (χ4n) is 3.55. The van der Waals surface area contributed by atoms with Gasteiger partial charge in [0.25, 0.3) is 0 Å². The molecule has 0 fully saturated rings. The lowest BCUT2D eigenvalue weighted by Gasteiger charge is -2.11. The number of carbonyl (C=O) groups excluding carboxylic acids is 2. The Hall–Kier alpha value is -3.36. The Morgan fingerprint density at radius 3 is 2.51 bits per heavy atom. The van der Waals surface area contributed by atoms with Gasteiger partial charge in [-0.25, -0.2) is 14.6 Å². The third-order valence-corrected chi connectivity index (χ3v) is 7.39. The molecule has 0 spiro atoms. The van der Waals surface area contributed by atoms with Crippen LogP contribution in [0.4, 0.5) is 0 Å². The van der Waals surface area contributed by atoms with Gasteiger partial charge in [0, 0.05) is 20.1 Å². The van der Waals surface area contributed by atoms with Crippen LogP contribution in [0.3, 0.4) is 0 Å². The first-order chi connectivity index (χ1) is 17.8. The van der Waals surface area contributed by atoms with Crippen LogP contribution >= 0.6 is 46.1 Å². The molecule has 0 unspecified atom stereocenters. The van der Waals surface area contributed by atoms with Crippen molar-refractivity contribution in [3.63, 3.8) is 0 Å². The Morgan fingerprint density at radius 2 is 1.76 bits per heavy atom. The molecular weight excluding hydrogens is 557 g/mol. The number of benzene rings is 3. The Kier molecular flexibility index (Phi) is 7.22. The quantitative estimate of drug-likeness (QED) is 0.134. The molecule has 0 aliphatic carbocycles. The van der Waals surface area contributed by atoms with Crippen LogP contribution in [0.1, 0.15) is 27.7 Å². The summed E-state index contributed by atoms with van der Waals surface area (Å²) in [5.41, 5.74) is 1.03. The van der Waals surface area contributed by atoms with E-state index in [4.69, 9.17) is 49.0 Å². The number of carbonyl (C=O) groups is 2. The molecule has 0 saturated carbocycles. The molecule has 0 radical (unpaired) electrons. The summed E-state index contributed by atoms with van der Waals surface area (Å²) in [5, 5.41) is 2.33. The second-order valence-corrected chi connectivity index (χ2v) is 10.1. The summed E-state index contributed by atoms with van der Waals surface area (Å²) < 4.78 is 17.5. The van der Waals surface area contributed by atoms with Gasteiger partial charge in [-0.3, -0.25) is 0 Å². The van der Waals surface area contributed by atoms with Gasteiger partial charge in [0.1, 0.15) is 4.88 Å². The van der Waals surface area contributed by atoms with Gasteiger partial charge in [0.05, 0.1) is 17.2 Å². The van der Waals surface area contributed by atoms with Gasteiger partial charge in [0.2, 0.25) is 5.90 Å². The molecule has 0 saturated heterocycles.